The zero-order valence-electron chi connectivity index (χ0n) is 14.2. The summed E-state index contributed by atoms with van der Waals surface area (Å²) < 4.78 is 0. The molecule has 0 bridgehead atoms. The van der Waals surface area contributed by atoms with Gasteiger partial charge < -0.3 is 10.4 Å². The molecule has 1 aliphatic heterocycles. The Balaban J connectivity index is 2.00. The van der Waals surface area contributed by atoms with Gasteiger partial charge in [-0.15, -0.1) is 0 Å². The average Bonchev–Trinajstić information content (AvgIpc) is 2.68. The van der Waals surface area contributed by atoms with Crippen LogP contribution in [0.3, 0.4) is 0 Å². The van der Waals surface area contributed by atoms with Crippen molar-refractivity contribution >= 4 is 0 Å². The zero-order valence-corrected chi connectivity index (χ0v) is 14.2. The average molecular weight is 296 g/mol. The van der Waals surface area contributed by atoms with Gasteiger partial charge in [0, 0.05) is 19.1 Å². The van der Waals surface area contributed by atoms with Crippen LogP contribution in [-0.4, -0.2) is 48.8 Å². The number of likely N-dealkylation sites (tertiary alicyclic amines) is 1. The fourth-order valence-electron chi connectivity index (χ4n) is 4.41. The van der Waals surface area contributed by atoms with Crippen LogP contribution < -0.4 is 5.32 Å². The molecular formula is C18H36N2O. The fourth-order valence-corrected chi connectivity index (χ4v) is 4.41. The van der Waals surface area contributed by atoms with E-state index in [1.807, 2.05) is 0 Å². The van der Waals surface area contributed by atoms with Gasteiger partial charge >= 0.3 is 0 Å². The van der Waals surface area contributed by atoms with Crippen LogP contribution in [0.4, 0.5) is 0 Å². The first-order valence-corrected chi connectivity index (χ1v) is 9.26. The van der Waals surface area contributed by atoms with Gasteiger partial charge in [0.2, 0.25) is 0 Å². The number of aliphatic hydroxyl groups is 1. The standard InChI is InChI=1S/C18H36N2O/c1-3-11-19-14-18(9-6-4-5-7-10-18)15-20-12-8-16(2)17(20)13-21/h16-17,19,21H,3-15H2,1-2H3. The minimum absolute atomic E-state index is 0.333. The maximum absolute atomic E-state index is 9.73. The van der Waals surface area contributed by atoms with Gasteiger partial charge in [-0.05, 0) is 50.1 Å². The summed E-state index contributed by atoms with van der Waals surface area (Å²) >= 11 is 0. The first kappa shape index (κ1) is 17.2. The zero-order chi connectivity index (χ0) is 15.1. The van der Waals surface area contributed by atoms with Crippen molar-refractivity contribution in [3.8, 4) is 0 Å². The molecule has 1 saturated carbocycles. The van der Waals surface area contributed by atoms with E-state index in [-0.39, 0.29) is 0 Å². The first-order chi connectivity index (χ1) is 10.2. The Morgan fingerprint density at radius 1 is 1.19 bits per heavy atom. The minimum atomic E-state index is 0.333. The Kier molecular flexibility index (Phi) is 6.97. The van der Waals surface area contributed by atoms with Gasteiger partial charge in [-0.3, -0.25) is 4.90 Å². The van der Waals surface area contributed by atoms with Crippen LogP contribution in [0.15, 0.2) is 0 Å². The number of hydrogen-bond acceptors (Lipinski definition) is 3. The van der Waals surface area contributed by atoms with Crippen LogP contribution >= 0.6 is 0 Å². The van der Waals surface area contributed by atoms with Crippen LogP contribution in [0.1, 0.15) is 65.2 Å². The molecule has 2 fully saturated rings. The van der Waals surface area contributed by atoms with Gasteiger partial charge in [0.25, 0.3) is 0 Å². The van der Waals surface area contributed by atoms with Crippen LogP contribution in [0.25, 0.3) is 0 Å². The largest absolute Gasteiger partial charge is 0.395 e. The highest BCUT2D eigenvalue weighted by atomic mass is 16.3. The third-order valence-electron chi connectivity index (χ3n) is 5.81. The van der Waals surface area contributed by atoms with E-state index in [0.29, 0.717) is 24.0 Å². The van der Waals surface area contributed by atoms with Crippen LogP contribution in [-0.2, 0) is 0 Å². The monoisotopic (exact) mass is 296 g/mol. The van der Waals surface area contributed by atoms with Crippen molar-refractivity contribution in [1.82, 2.24) is 10.2 Å². The smallest absolute Gasteiger partial charge is 0.0589 e. The van der Waals surface area contributed by atoms with E-state index in [1.165, 1.54) is 71.0 Å². The highest BCUT2D eigenvalue weighted by Gasteiger charge is 2.38. The van der Waals surface area contributed by atoms with Crippen molar-refractivity contribution in [3.63, 3.8) is 0 Å². The Bertz CT molecular complexity index is 287. The number of hydrogen-bond donors (Lipinski definition) is 2. The van der Waals surface area contributed by atoms with Crippen LogP contribution in [0.2, 0.25) is 0 Å². The second-order valence-electron chi connectivity index (χ2n) is 7.58. The molecule has 0 amide bonds. The molecule has 0 aromatic rings. The molecule has 3 heteroatoms. The summed E-state index contributed by atoms with van der Waals surface area (Å²) in [5.41, 5.74) is 0.448. The minimum Gasteiger partial charge on any atom is -0.395 e. The van der Waals surface area contributed by atoms with Crippen molar-refractivity contribution in [2.24, 2.45) is 11.3 Å². The van der Waals surface area contributed by atoms with E-state index in [2.05, 4.69) is 24.1 Å². The van der Waals surface area contributed by atoms with Crippen LogP contribution in [0, 0.1) is 11.3 Å². The summed E-state index contributed by atoms with van der Waals surface area (Å²) in [5, 5.41) is 13.4. The first-order valence-electron chi connectivity index (χ1n) is 9.26. The van der Waals surface area contributed by atoms with E-state index in [9.17, 15) is 5.11 Å². The molecule has 124 valence electrons. The van der Waals surface area contributed by atoms with E-state index < -0.39 is 0 Å². The summed E-state index contributed by atoms with van der Waals surface area (Å²) in [6.45, 7) is 9.57. The molecule has 1 aliphatic carbocycles. The lowest BCUT2D eigenvalue weighted by molar-refractivity contribution is 0.0789. The summed E-state index contributed by atoms with van der Waals surface area (Å²) in [4.78, 5) is 2.60. The predicted molar refractivity (Wildman–Crippen MR) is 89.5 cm³/mol. The topological polar surface area (TPSA) is 35.5 Å². The molecule has 2 N–H and O–H groups in total. The number of nitrogens with one attached hydrogen (secondary N) is 1. The molecule has 2 rings (SSSR count). The second-order valence-corrected chi connectivity index (χ2v) is 7.58. The maximum atomic E-state index is 9.73. The molecule has 1 heterocycles. The van der Waals surface area contributed by atoms with E-state index in [4.69, 9.17) is 0 Å². The van der Waals surface area contributed by atoms with Crippen molar-refractivity contribution in [2.75, 3.05) is 32.8 Å². The van der Waals surface area contributed by atoms with Gasteiger partial charge in [0.1, 0.15) is 0 Å². The lowest BCUT2D eigenvalue weighted by Gasteiger charge is -2.39. The van der Waals surface area contributed by atoms with Crippen molar-refractivity contribution < 1.29 is 5.11 Å². The third-order valence-corrected chi connectivity index (χ3v) is 5.81. The molecule has 2 unspecified atom stereocenters. The Morgan fingerprint density at radius 3 is 2.52 bits per heavy atom. The summed E-state index contributed by atoms with van der Waals surface area (Å²) in [6, 6.07) is 0.399. The summed E-state index contributed by atoms with van der Waals surface area (Å²) in [7, 11) is 0. The third kappa shape index (κ3) is 4.67. The number of aliphatic hydroxyl groups excluding tert-OH is 1. The molecule has 1 saturated heterocycles. The highest BCUT2D eigenvalue weighted by Crippen LogP contribution is 2.37. The molecule has 0 aromatic carbocycles. The number of rotatable bonds is 7. The molecule has 3 nitrogen and oxygen atoms in total. The molecular weight excluding hydrogens is 260 g/mol. The molecule has 2 atom stereocenters. The Hall–Kier alpha value is -0.120. The van der Waals surface area contributed by atoms with Gasteiger partial charge in [0.15, 0.2) is 0 Å². The predicted octanol–water partition coefficient (Wildman–Crippen LogP) is 3.03. The SMILES string of the molecule is CCCNCC1(CN2CCC(C)C2CO)CCCCCC1. The van der Waals surface area contributed by atoms with E-state index >= 15 is 0 Å². The molecule has 0 spiro atoms. The lowest BCUT2D eigenvalue weighted by Crippen LogP contribution is -2.47. The van der Waals surface area contributed by atoms with Crippen molar-refractivity contribution in [3.05, 3.63) is 0 Å². The van der Waals surface area contributed by atoms with Gasteiger partial charge in [-0.2, -0.15) is 0 Å². The lowest BCUT2D eigenvalue weighted by atomic mass is 9.79. The quantitative estimate of drug-likeness (QED) is 0.560. The normalized spacial score (nSPS) is 30.4. The summed E-state index contributed by atoms with van der Waals surface area (Å²) in [5.74, 6) is 0.654. The highest BCUT2D eigenvalue weighted by molar-refractivity contribution is 4.92. The fraction of sp³-hybridized carbons (Fsp3) is 1.00. The maximum Gasteiger partial charge on any atom is 0.0589 e. The van der Waals surface area contributed by atoms with Crippen molar-refractivity contribution in [2.45, 2.75) is 71.3 Å². The van der Waals surface area contributed by atoms with Gasteiger partial charge in [-0.25, -0.2) is 0 Å². The molecule has 0 aromatic heterocycles. The second kappa shape index (κ2) is 8.50. The Labute approximate surface area is 131 Å². The van der Waals surface area contributed by atoms with E-state index in [0.717, 1.165) is 6.54 Å². The summed E-state index contributed by atoms with van der Waals surface area (Å²) in [6.07, 6.45) is 10.8. The Morgan fingerprint density at radius 2 is 1.90 bits per heavy atom. The number of nitrogens with zero attached hydrogens (tertiary/aromatic N) is 1. The van der Waals surface area contributed by atoms with Gasteiger partial charge in [0.05, 0.1) is 6.61 Å². The van der Waals surface area contributed by atoms with Crippen molar-refractivity contribution in [1.29, 1.82) is 0 Å². The molecule has 0 radical (unpaired) electrons. The van der Waals surface area contributed by atoms with Crippen LogP contribution in [0.5, 0.6) is 0 Å². The van der Waals surface area contributed by atoms with E-state index in [1.54, 1.807) is 0 Å². The molecule has 2 aliphatic rings. The van der Waals surface area contributed by atoms with Gasteiger partial charge in [-0.1, -0.05) is 39.5 Å². The molecule has 21 heavy (non-hydrogen) atoms.